The van der Waals surface area contributed by atoms with Crippen LogP contribution in [0, 0.1) is 0 Å². The van der Waals surface area contributed by atoms with Crippen molar-refractivity contribution in [1.29, 1.82) is 0 Å². The van der Waals surface area contributed by atoms with E-state index in [0.717, 1.165) is 5.69 Å². The zero-order chi connectivity index (χ0) is 41.1. The maximum absolute atomic E-state index is 2.55. The molecule has 1 nitrogen and oxygen atoms in total. The topological polar surface area (TPSA) is 3.24 Å². The highest BCUT2D eigenvalue weighted by Gasteiger charge is 2.45. The molecule has 4 aliphatic rings. The van der Waals surface area contributed by atoms with Gasteiger partial charge in [-0.25, -0.2) is 0 Å². The smallest absolute Gasteiger partial charge is 0.0540 e. The second-order valence-electron chi connectivity index (χ2n) is 19.1. The molecule has 0 atom stereocenters. The van der Waals surface area contributed by atoms with Gasteiger partial charge in [0.1, 0.15) is 0 Å². The van der Waals surface area contributed by atoms with Crippen molar-refractivity contribution in [3.63, 3.8) is 0 Å². The average Bonchev–Trinajstić information content (AvgIpc) is 3.81. The van der Waals surface area contributed by atoms with E-state index >= 15 is 0 Å². The van der Waals surface area contributed by atoms with Crippen LogP contribution in [0.15, 0.2) is 176 Å². The molecule has 1 spiro atoms. The Morgan fingerprint density at radius 1 is 0.361 bits per heavy atom. The van der Waals surface area contributed by atoms with Gasteiger partial charge in [-0.05, 0) is 127 Å². The Morgan fingerprint density at radius 3 is 1.69 bits per heavy atom. The fourth-order valence-corrected chi connectivity index (χ4v) is 12.5. The van der Waals surface area contributed by atoms with E-state index in [0.29, 0.717) is 0 Å². The largest absolute Gasteiger partial charge is 0.310 e. The molecule has 296 valence electrons. The van der Waals surface area contributed by atoms with Crippen LogP contribution in [0.1, 0.15) is 93.2 Å². The molecule has 12 rings (SSSR count). The molecule has 0 bridgehead atoms. The summed E-state index contributed by atoms with van der Waals surface area (Å²) in [4.78, 5) is 2.55. The zero-order valence-corrected chi connectivity index (χ0v) is 35.7. The molecule has 1 heteroatoms. The second kappa shape index (κ2) is 13.3. The minimum atomic E-state index is -0.127. The minimum Gasteiger partial charge on any atom is -0.310 e. The molecule has 0 aliphatic heterocycles. The highest BCUT2D eigenvalue weighted by molar-refractivity contribution is 5.99. The molecule has 0 radical (unpaired) electrons. The van der Waals surface area contributed by atoms with Crippen molar-refractivity contribution in [2.75, 3.05) is 4.90 Å². The number of hydrogen-bond acceptors (Lipinski definition) is 1. The summed E-state index contributed by atoms with van der Waals surface area (Å²) >= 11 is 0. The SMILES string of the molecule is CC1(C)c2ccccc2-c2ccc(N(c3cccc(-c4cccc5c4C(C)(C)c4ccccc4-5)c3)c3ccccc3-c3cccc4c3-c3ccccc3C43CCCCC3)cc21. The maximum Gasteiger partial charge on any atom is 0.0540 e. The Morgan fingerprint density at radius 2 is 0.902 bits per heavy atom. The lowest BCUT2D eigenvalue weighted by Crippen LogP contribution is -2.27. The number of para-hydroxylation sites is 1. The monoisotopic (exact) mass is 785 g/mol. The number of hydrogen-bond donors (Lipinski definition) is 0. The van der Waals surface area contributed by atoms with Crippen LogP contribution < -0.4 is 4.90 Å². The van der Waals surface area contributed by atoms with Crippen molar-refractivity contribution in [2.24, 2.45) is 0 Å². The van der Waals surface area contributed by atoms with Crippen LogP contribution >= 0.6 is 0 Å². The van der Waals surface area contributed by atoms with Gasteiger partial charge in [0.15, 0.2) is 0 Å². The fourth-order valence-electron chi connectivity index (χ4n) is 12.5. The van der Waals surface area contributed by atoms with Crippen LogP contribution in [0.2, 0.25) is 0 Å². The Kier molecular flexibility index (Phi) is 7.93. The summed E-state index contributed by atoms with van der Waals surface area (Å²) in [5, 5.41) is 0. The van der Waals surface area contributed by atoms with Gasteiger partial charge in [0, 0.05) is 33.2 Å². The first-order valence-corrected chi connectivity index (χ1v) is 22.5. The number of benzene rings is 8. The first kappa shape index (κ1) is 36.4. The quantitative estimate of drug-likeness (QED) is 0.168. The number of anilines is 3. The van der Waals surface area contributed by atoms with Gasteiger partial charge in [0.2, 0.25) is 0 Å². The van der Waals surface area contributed by atoms with Crippen LogP contribution in [-0.2, 0) is 16.2 Å². The molecule has 1 fully saturated rings. The lowest BCUT2D eigenvalue weighted by Gasteiger charge is -2.36. The number of fused-ring (bicyclic) bond motifs is 11. The second-order valence-corrected chi connectivity index (χ2v) is 19.1. The number of rotatable bonds is 5. The van der Waals surface area contributed by atoms with Gasteiger partial charge in [-0.1, -0.05) is 193 Å². The third-order valence-corrected chi connectivity index (χ3v) is 15.3. The van der Waals surface area contributed by atoms with E-state index in [2.05, 4.69) is 209 Å². The van der Waals surface area contributed by atoms with Crippen molar-refractivity contribution in [3.8, 4) is 55.6 Å². The van der Waals surface area contributed by atoms with Gasteiger partial charge in [-0.3, -0.25) is 0 Å². The van der Waals surface area contributed by atoms with E-state index < -0.39 is 0 Å². The third-order valence-electron chi connectivity index (χ3n) is 15.3. The van der Waals surface area contributed by atoms with E-state index in [1.807, 2.05) is 0 Å². The van der Waals surface area contributed by atoms with E-state index in [1.165, 1.54) is 132 Å². The summed E-state index contributed by atoms with van der Waals surface area (Å²) in [6.07, 6.45) is 6.34. The van der Waals surface area contributed by atoms with Gasteiger partial charge in [0.05, 0.1) is 5.69 Å². The lowest BCUT2D eigenvalue weighted by molar-refractivity contribution is 0.353. The van der Waals surface area contributed by atoms with Gasteiger partial charge >= 0.3 is 0 Å². The Bertz CT molecular complexity index is 3080. The summed E-state index contributed by atoms with van der Waals surface area (Å²) in [7, 11) is 0. The molecule has 4 aliphatic carbocycles. The van der Waals surface area contributed by atoms with Gasteiger partial charge < -0.3 is 4.90 Å². The Hall–Kier alpha value is -6.44. The van der Waals surface area contributed by atoms with E-state index in [-0.39, 0.29) is 16.2 Å². The molecule has 61 heavy (non-hydrogen) atoms. The van der Waals surface area contributed by atoms with E-state index in [4.69, 9.17) is 0 Å². The fraction of sp³-hybridized carbons (Fsp3) is 0.200. The standard InChI is InChI=1S/C60H51N/c1-58(2)50-28-10-6-21-43(50)45-34-33-41(38-54(45)58)61(40-20-16-19-39(37-40)42-25-17-27-48-44-22-7-11-29-51(44)59(3,4)57(42)48)55-32-13-9-23-46(55)47-26-18-31-53-56(47)49-24-8-12-30-52(49)60(53)35-14-5-15-36-60/h6-13,16-34,37-38H,5,14-15,35-36H2,1-4H3. The summed E-state index contributed by atoms with van der Waals surface area (Å²) in [5.74, 6) is 0. The van der Waals surface area contributed by atoms with Crippen LogP contribution in [0.3, 0.4) is 0 Å². The number of nitrogens with zero attached hydrogens (tertiary/aromatic N) is 1. The molecular weight excluding hydrogens is 735 g/mol. The Balaban J connectivity index is 1.08. The van der Waals surface area contributed by atoms with E-state index in [1.54, 1.807) is 0 Å². The molecular formula is C60H51N. The third kappa shape index (κ3) is 5.13. The first-order chi connectivity index (χ1) is 29.8. The molecule has 0 amide bonds. The van der Waals surface area contributed by atoms with Crippen LogP contribution in [-0.4, -0.2) is 0 Å². The zero-order valence-electron chi connectivity index (χ0n) is 35.7. The Labute approximate surface area is 361 Å². The van der Waals surface area contributed by atoms with Crippen molar-refractivity contribution in [2.45, 2.75) is 76.0 Å². The van der Waals surface area contributed by atoms with Gasteiger partial charge in [0.25, 0.3) is 0 Å². The molecule has 8 aromatic carbocycles. The minimum absolute atomic E-state index is 0.0904. The van der Waals surface area contributed by atoms with Crippen molar-refractivity contribution >= 4 is 17.1 Å². The molecule has 1 saturated carbocycles. The van der Waals surface area contributed by atoms with Gasteiger partial charge in [-0.2, -0.15) is 0 Å². The normalized spacial score (nSPS) is 16.6. The molecule has 0 saturated heterocycles. The molecule has 8 aromatic rings. The first-order valence-electron chi connectivity index (χ1n) is 22.5. The molecule has 0 aromatic heterocycles. The molecule has 0 heterocycles. The van der Waals surface area contributed by atoms with E-state index in [9.17, 15) is 0 Å². The molecule has 0 N–H and O–H groups in total. The highest BCUT2D eigenvalue weighted by Crippen LogP contribution is 2.59. The van der Waals surface area contributed by atoms with Crippen molar-refractivity contribution in [3.05, 3.63) is 209 Å². The molecule has 0 unspecified atom stereocenters. The predicted octanol–water partition coefficient (Wildman–Crippen LogP) is 16.3. The van der Waals surface area contributed by atoms with Crippen LogP contribution in [0.4, 0.5) is 17.1 Å². The summed E-state index contributed by atoms with van der Waals surface area (Å²) in [6.45, 7) is 9.57. The maximum atomic E-state index is 2.55. The highest BCUT2D eigenvalue weighted by atomic mass is 15.1. The van der Waals surface area contributed by atoms with Gasteiger partial charge in [-0.15, -0.1) is 0 Å². The summed E-state index contributed by atoms with van der Waals surface area (Å²) in [5.41, 5.74) is 25.3. The predicted molar refractivity (Wildman–Crippen MR) is 256 cm³/mol. The lowest BCUT2D eigenvalue weighted by atomic mass is 9.68. The summed E-state index contributed by atoms with van der Waals surface area (Å²) < 4.78 is 0. The van der Waals surface area contributed by atoms with Crippen LogP contribution in [0.25, 0.3) is 55.6 Å². The van der Waals surface area contributed by atoms with Crippen molar-refractivity contribution in [1.82, 2.24) is 0 Å². The van der Waals surface area contributed by atoms with Crippen LogP contribution in [0.5, 0.6) is 0 Å². The summed E-state index contributed by atoms with van der Waals surface area (Å²) in [6, 6.07) is 67.1. The average molecular weight is 786 g/mol. The van der Waals surface area contributed by atoms with Crippen molar-refractivity contribution < 1.29 is 0 Å².